The number of anilines is 1. The molecule has 0 amide bonds. The van der Waals surface area contributed by atoms with Crippen molar-refractivity contribution in [2.45, 2.75) is 57.4 Å². The van der Waals surface area contributed by atoms with Crippen LogP contribution in [0.4, 0.5) is 5.69 Å². The third-order valence-corrected chi connectivity index (χ3v) is 5.22. The quantitative estimate of drug-likeness (QED) is 0.843. The highest BCUT2D eigenvalue weighted by atomic mass is 15.2. The normalized spacial score (nSPS) is 27.2. The second-order valence-corrected chi connectivity index (χ2v) is 6.64. The number of piperidine rings is 1. The van der Waals surface area contributed by atoms with Gasteiger partial charge in [0, 0.05) is 11.7 Å². The predicted molar refractivity (Wildman–Crippen MR) is 85.7 cm³/mol. The van der Waals surface area contributed by atoms with Gasteiger partial charge in [-0.3, -0.25) is 0 Å². The molecule has 2 atom stereocenters. The second kappa shape index (κ2) is 6.62. The van der Waals surface area contributed by atoms with Gasteiger partial charge in [0.05, 0.1) is 0 Å². The first kappa shape index (κ1) is 13.9. The Morgan fingerprint density at radius 2 is 1.95 bits per heavy atom. The van der Waals surface area contributed by atoms with Gasteiger partial charge in [-0.15, -0.1) is 0 Å². The number of fused-ring (bicyclic) bond motifs is 1. The number of nitrogens with zero attached hydrogens (tertiary/aromatic N) is 1. The van der Waals surface area contributed by atoms with E-state index in [1.165, 1.54) is 70.0 Å². The zero-order valence-corrected chi connectivity index (χ0v) is 12.6. The van der Waals surface area contributed by atoms with Gasteiger partial charge in [0.25, 0.3) is 0 Å². The van der Waals surface area contributed by atoms with E-state index in [9.17, 15) is 0 Å². The van der Waals surface area contributed by atoms with Crippen LogP contribution in [0.5, 0.6) is 0 Å². The minimum atomic E-state index is 0.896. The maximum absolute atomic E-state index is 5.85. The average Bonchev–Trinajstić information content (AvgIpc) is 2.48. The van der Waals surface area contributed by atoms with Gasteiger partial charge in [0.2, 0.25) is 0 Å². The van der Waals surface area contributed by atoms with Crippen LogP contribution in [0.3, 0.4) is 0 Å². The number of likely N-dealkylation sites (tertiary alicyclic amines) is 1. The van der Waals surface area contributed by atoms with E-state index in [1.807, 2.05) is 6.07 Å². The Morgan fingerprint density at radius 3 is 2.85 bits per heavy atom. The smallest absolute Gasteiger partial charge is 0.0316 e. The molecular weight excluding hydrogens is 244 g/mol. The summed E-state index contributed by atoms with van der Waals surface area (Å²) in [5.41, 5.74) is 8.14. The van der Waals surface area contributed by atoms with Crippen molar-refractivity contribution >= 4 is 5.69 Å². The summed E-state index contributed by atoms with van der Waals surface area (Å²) in [5.74, 6) is 1.00. The largest absolute Gasteiger partial charge is 0.399 e. The van der Waals surface area contributed by atoms with Crippen LogP contribution in [-0.2, 0) is 6.42 Å². The molecule has 20 heavy (non-hydrogen) atoms. The van der Waals surface area contributed by atoms with Crippen LogP contribution in [0.1, 0.15) is 50.5 Å². The van der Waals surface area contributed by atoms with Crippen molar-refractivity contribution in [3.05, 3.63) is 29.8 Å². The first-order valence-electron chi connectivity index (χ1n) is 8.41. The predicted octanol–water partition coefficient (Wildman–Crippen LogP) is 3.86. The summed E-state index contributed by atoms with van der Waals surface area (Å²) in [6, 6.07) is 9.28. The molecule has 2 fully saturated rings. The third-order valence-electron chi connectivity index (χ3n) is 5.22. The molecule has 3 rings (SSSR count). The molecule has 0 radical (unpaired) electrons. The molecule has 2 nitrogen and oxygen atoms in total. The van der Waals surface area contributed by atoms with E-state index in [-0.39, 0.29) is 0 Å². The van der Waals surface area contributed by atoms with Crippen molar-refractivity contribution in [3.8, 4) is 0 Å². The van der Waals surface area contributed by atoms with Gasteiger partial charge < -0.3 is 10.6 Å². The van der Waals surface area contributed by atoms with Crippen molar-refractivity contribution in [2.24, 2.45) is 5.92 Å². The Morgan fingerprint density at radius 1 is 1.10 bits per heavy atom. The molecule has 2 unspecified atom stereocenters. The van der Waals surface area contributed by atoms with E-state index in [0.29, 0.717) is 0 Å². The van der Waals surface area contributed by atoms with Gasteiger partial charge in [-0.05, 0) is 75.2 Å². The van der Waals surface area contributed by atoms with Gasteiger partial charge in [-0.25, -0.2) is 0 Å². The summed E-state index contributed by atoms with van der Waals surface area (Å²) in [6.45, 7) is 2.61. The summed E-state index contributed by atoms with van der Waals surface area (Å²) >= 11 is 0. The molecule has 1 aliphatic carbocycles. The van der Waals surface area contributed by atoms with Crippen molar-refractivity contribution in [2.75, 3.05) is 18.8 Å². The lowest BCUT2D eigenvalue weighted by Gasteiger charge is -2.44. The highest BCUT2D eigenvalue weighted by Gasteiger charge is 2.32. The van der Waals surface area contributed by atoms with Crippen LogP contribution >= 0.6 is 0 Å². The fourth-order valence-electron chi connectivity index (χ4n) is 4.24. The van der Waals surface area contributed by atoms with Crippen LogP contribution in [-0.4, -0.2) is 24.0 Å². The first-order chi connectivity index (χ1) is 9.83. The first-order valence-corrected chi connectivity index (χ1v) is 8.41. The Hall–Kier alpha value is -1.02. The molecular formula is C18H28N2. The summed E-state index contributed by atoms with van der Waals surface area (Å²) in [7, 11) is 0. The molecule has 1 saturated carbocycles. The highest BCUT2D eigenvalue weighted by molar-refractivity contribution is 5.40. The van der Waals surface area contributed by atoms with E-state index in [0.717, 1.165) is 17.6 Å². The van der Waals surface area contributed by atoms with Gasteiger partial charge in [-0.2, -0.15) is 0 Å². The van der Waals surface area contributed by atoms with Crippen LogP contribution < -0.4 is 5.73 Å². The molecule has 1 heterocycles. The SMILES string of the molecule is Nc1cccc(CCCN2CCCC3CCCCC32)c1. The lowest BCUT2D eigenvalue weighted by molar-refractivity contribution is 0.0602. The second-order valence-electron chi connectivity index (χ2n) is 6.64. The third kappa shape index (κ3) is 3.35. The van der Waals surface area contributed by atoms with Crippen molar-refractivity contribution in [3.63, 3.8) is 0 Å². The average molecular weight is 272 g/mol. The molecule has 1 saturated heterocycles. The zero-order valence-electron chi connectivity index (χ0n) is 12.6. The van der Waals surface area contributed by atoms with E-state index < -0.39 is 0 Å². The fraction of sp³-hybridized carbons (Fsp3) is 0.667. The summed E-state index contributed by atoms with van der Waals surface area (Å²) in [5, 5.41) is 0. The number of nitrogen functional groups attached to an aromatic ring is 1. The van der Waals surface area contributed by atoms with Gasteiger partial charge in [0.1, 0.15) is 0 Å². The van der Waals surface area contributed by atoms with Gasteiger partial charge >= 0.3 is 0 Å². The molecule has 0 aromatic heterocycles. The molecule has 1 aromatic rings. The summed E-state index contributed by atoms with van der Waals surface area (Å²) < 4.78 is 0. The van der Waals surface area contributed by atoms with E-state index >= 15 is 0 Å². The molecule has 2 N–H and O–H groups in total. The highest BCUT2D eigenvalue weighted by Crippen LogP contribution is 2.35. The standard InChI is InChI=1S/C18H28N2/c19-17-10-3-6-15(14-17)7-4-12-20-13-5-9-16-8-1-2-11-18(16)20/h3,6,10,14,16,18H,1-2,4-5,7-9,11-13,19H2. The fourth-order valence-corrected chi connectivity index (χ4v) is 4.24. The maximum atomic E-state index is 5.85. The summed E-state index contributed by atoms with van der Waals surface area (Å²) in [6.07, 6.45) is 11.2. The van der Waals surface area contributed by atoms with E-state index in [4.69, 9.17) is 5.73 Å². The van der Waals surface area contributed by atoms with Crippen LogP contribution in [0, 0.1) is 5.92 Å². The summed E-state index contributed by atoms with van der Waals surface area (Å²) in [4.78, 5) is 2.79. The zero-order chi connectivity index (χ0) is 13.8. The molecule has 2 heteroatoms. The molecule has 110 valence electrons. The van der Waals surface area contributed by atoms with Crippen molar-refractivity contribution in [1.82, 2.24) is 4.90 Å². The van der Waals surface area contributed by atoms with Gasteiger partial charge in [-0.1, -0.05) is 25.0 Å². The number of nitrogens with two attached hydrogens (primary N) is 1. The molecule has 1 aliphatic heterocycles. The molecule has 2 aliphatic rings. The van der Waals surface area contributed by atoms with E-state index in [2.05, 4.69) is 23.1 Å². The van der Waals surface area contributed by atoms with Crippen molar-refractivity contribution in [1.29, 1.82) is 0 Å². The Balaban J connectivity index is 1.50. The Bertz CT molecular complexity index is 427. The maximum Gasteiger partial charge on any atom is 0.0316 e. The van der Waals surface area contributed by atoms with Crippen LogP contribution in [0.25, 0.3) is 0 Å². The number of rotatable bonds is 4. The number of hydrogen-bond donors (Lipinski definition) is 1. The minimum Gasteiger partial charge on any atom is -0.399 e. The molecule has 1 aromatic carbocycles. The minimum absolute atomic E-state index is 0.896. The van der Waals surface area contributed by atoms with Gasteiger partial charge in [0.15, 0.2) is 0 Å². The number of benzene rings is 1. The monoisotopic (exact) mass is 272 g/mol. The Kier molecular flexibility index (Phi) is 4.62. The Labute approximate surface area is 123 Å². The molecule has 0 spiro atoms. The van der Waals surface area contributed by atoms with Crippen LogP contribution in [0.2, 0.25) is 0 Å². The number of hydrogen-bond acceptors (Lipinski definition) is 2. The molecule has 0 bridgehead atoms. The van der Waals surface area contributed by atoms with E-state index in [1.54, 1.807) is 0 Å². The number of aryl methyl sites for hydroxylation is 1. The van der Waals surface area contributed by atoms with Crippen LogP contribution in [0.15, 0.2) is 24.3 Å². The topological polar surface area (TPSA) is 29.3 Å². The van der Waals surface area contributed by atoms with Crippen molar-refractivity contribution < 1.29 is 0 Å². The lowest BCUT2D eigenvalue weighted by Crippen LogP contribution is -2.47. The lowest BCUT2D eigenvalue weighted by atomic mass is 9.78.